The number of aliphatic hydroxyl groups is 6. The maximum absolute atomic E-state index is 12.4. The number of hydrogen-bond donors (Lipinski definition) is 10. The molecule has 6 saturated carbocycles. The lowest BCUT2D eigenvalue weighted by molar-refractivity contribution is -0.156. The first-order valence-corrected chi connectivity index (χ1v) is 24.8. The van der Waals surface area contributed by atoms with Gasteiger partial charge in [-0.2, -0.15) is 9.97 Å². The molecule has 0 aliphatic heterocycles. The Bertz CT molecular complexity index is 3370. The fraction of sp³-hybridized carbons (Fsp3) is 0.521. The van der Waals surface area contributed by atoms with E-state index in [1.54, 1.807) is 42.6 Å². The van der Waals surface area contributed by atoms with Crippen LogP contribution in [-0.4, -0.2) is 151 Å². The predicted octanol–water partition coefficient (Wildman–Crippen LogP) is 0.621. The summed E-state index contributed by atoms with van der Waals surface area (Å²) in [5.41, 5.74) is 15.0. The second-order valence-corrected chi connectivity index (χ2v) is 20.7. The van der Waals surface area contributed by atoms with Crippen LogP contribution in [-0.2, 0) is 20.9 Å². The molecule has 6 aromatic heterocycles. The number of ether oxygens (including phenoxy) is 1. The zero-order valence-electron chi connectivity index (χ0n) is 40.9. The number of nitrogens with two attached hydrogens (primary N) is 2. The molecule has 1 aromatic carbocycles. The molecule has 390 valence electrons. The van der Waals surface area contributed by atoms with Crippen LogP contribution in [0.3, 0.4) is 0 Å². The maximum atomic E-state index is 12.4. The summed E-state index contributed by atoms with van der Waals surface area (Å²) in [4.78, 5) is 63.1. The van der Waals surface area contributed by atoms with Gasteiger partial charge in [0.2, 0.25) is 11.2 Å². The van der Waals surface area contributed by atoms with Crippen molar-refractivity contribution in [3.63, 3.8) is 0 Å². The Morgan fingerprint density at radius 3 is 1.81 bits per heavy atom. The van der Waals surface area contributed by atoms with Gasteiger partial charge >= 0.3 is 5.97 Å². The van der Waals surface area contributed by atoms with Crippen LogP contribution in [0.2, 0.25) is 5.28 Å². The molecule has 6 aliphatic rings. The summed E-state index contributed by atoms with van der Waals surface area (Å²) < 4.78 is 10.3. The highest BCUT2D eigenvalue weighted by Crippen LogP contribution is 2.69. The third-order valence-corrected chi connectivity index (χ3v) is 16.3. The van der Waals surface area contributed by atoms with Crippen molar-refractivity contribution in [3.05, 3.63) is 71.3 Å². The maximum Gasteiger partial charge on any atom is 0.315 e. The Labute approximate surface area is 426 Å². The molecule has 0 bridgehead atoms. The highest BCUT2D eigenvalue weighted by molar-refractivity contribution is 6.28. The van der Waals surface area contributed by atoms with Crippen molar-refractivity contribution < 1.29 is 45.0 Å². The highest BCUT2D eigenvalue weighted by Gasteiger charge is 2.77. The number of aliphatic hydroxyl groups excluding tert-OH is 6. The number of halogens is 1. The molecule has 12 N–H and O–H groups in total. The molecule has 0 spiro atoms. The van der Waals surface area contributed by atoms with Crippen molar-refractivity contribution in [3.8, 4) is 0 Å². The van der Waals surface area contributed by atoms with Crippen LogP contribution in [0.5, 0.6) is 0 Å². The molecule has 6 heterocycles. The number of benzene rings is 1. The lowest BCUT2D eigenvalue weighted by Gasteiger charge is -2.23. The van der Waals surface area contributed by atoms with Gasteiger partial charge in [0.1, 0.15) is 46.4 Å². The minimum absolute atomic E-state index is 0.0439. The highest BCUT2D eigenvalue weighted by atomic mass is 35.5. The van der Waals surface area contributed by atoms with Gasteiger partial charge in [0.25, 0.3) is 0 Å². The van der Waals surface area contributed by atoms with Crippen molar-refractivity contribution in [1.82, 2.24) is 63.9 Å². The van der Waals surface area contributed by atoms with E-state index in [4.69, 9.17) is 27.8 Å². The van der Waals surface area contributed by atoms with Crippen LogP contribution in [0.4, 0.5) is 17.5 Å². The first kappa shape index (κ1) is 49.5. The molecule has 3 unspecified atom stereocenters. The van der Waals surface area contributed by atoms with E-state index in [2.05, 4.69) is 61.6 Å². The topological polar surface area (TPSA) is 372 Å². The number of rotatable bonds is 9. The molecule has 13 rings (SSSR count). The number of imidazole rings is 3. The van der Waals surface area contributed by atoms with E-state index in [-0.39, 0.29) is 47.4 Å². The Hall–Kier alpha value is -6.74. The van der Waals surface area contributed by atoms with E-state index in [0.29, 0.717) is 82.1 Å². The van der Waals surface area contributed by atoms with Crippen LogP contribution in [0.15, 0.2) is 43.2 Å². The van der Waals surface area contributed by atoms with Gasteiger partial charge in [-0.1, -0.05) is 29.8 Å². The van der Waals surface area contributed by atoms with Crippen molar-refractivity contribution in [2.75, 3.05) is 30.4 Å². The summed E-state index contributed by atoms with van der Waals surface area (Å²) in [5, 5.41) is 68.4. The molecular weight excluding hydrogens is 980 g/mol. The molecule has 1 amide bonds. The number of carbonyl (C=O) groups excluding carboxylic acids is 2. The third-order valence-electron chi connectivity index (χ3n) is 16.1. The Kier molecular flexibility index (Phi) is 12.0. The fourth-order valence-corrected chi connectivity index (χ4v) is 12.6. The number of anilines is 3. The van der Waals surface area contributed by atoms with Crippen LogP contribution < -0.4 is 22.1 Å². The lowest BCUT2D eigenvalue weighted by Crippen LogP contribution is -2.41. The summed E-state index contributed by atoms with van der Waals surface area (Å²) >= 11 is 6.20. The van der Waals surface area contributed by atoms with E-state index < -0.39 is 65.5 Å². The van der Waals surface area contributed by atoms with Gasteiger partial charge in [-0.15, -0.1) is 0 Å². The molecule has 26 heteroatoms. The monoisotopic (exact) mass is 1040 g/mol. The van der Waals surface area contributed by atoms with Crippen LogP contribution in [0.25, 0.3) is 33.5 Å². The van der Waals surface area contributed by atoms with Crippen LogP contribution in [0.1, 0.15) is 67.1 Å². The zero-order valence-corrected chi connectivity index (χ0v) is 41.6. The Morgan fingerprint density at radius 2 is 1.26 bits per heavy atom. The minimum atomic E-state index is -1.18. The summed E-state index contributed by atoms with van der Waals surface area (Å²) in [7, 11) is 1.53. The third kappa shape index (κ3) is 7.60. The van der Waals surface area contributed by atoms with Gasteiger partial charge in [0.05, 0.1) is 67.4 Å². The van der Waals surface area contributed by atoms with Crippen molar-refractivity contribution in [2.24, 2.45) is 34.5 Å². The van der Waals surface area contributed by atoms with E-state index in [1.807, 2.05) is 29.7 Å². The smallest absolute Gasteiger partial charge is 0.315 e. The van der Waals surface area contributed by atoms with Gasteiger partial charge in [-0.3, -0.25) is 9.59 Å². The molecular formula is C48H57ClN16O9. The van der Waals surface area contributed by atoms with Crippen molar-refractivity contribution in [1.29, 1.82) is 0 Å². The number of carbonyl (C=O) groups is 2. The largest absolute Gasteiger partial charge is 0.465 e. The number of nitrogen functional groups attached to an aromatic ring is 2. The summed E-state index contributed by atoms with van der Waals surface area (Å²) in [6.07, 6.45) is 0.652. The van der Waals surface area contributed by atoms with E-state index in [1.165, 1.54) is 13.4 Å². The summed E-state index contributed by atoms with van der Waals surface area (Å²) in [6.45, 7) is 8.00. The number of nitrogens with zero attached hydrogens (tertiary/aromatic N) is 12. The molecule has 0 radical (unpaired) electrons. The summed E-state index contributed by atoms with van der Waals surface area (Å²) in [6, 6.07) is 6.90. The Balaban J connectivity index is 0.000000123. The molecule has 15 atom stereocenters. The number of fused-ring (bicyclic) bond motifs is 6. The number of amides is 1. The molecule has 6 fully saturated rings. The summed E-state index contributed by atoms with van der Waals surface area (Å²) in [5.74, 6) is 1.51. The zero-order chi connectivity index (χ0) is 52.4. The second kappa shape index (κ2) is 18.0. The first-order valence-electron chi connectivity index (χ1n) is 24.5. The lowest BCUT2D eigenvalue weighted by atomic mass is 9.98. The standard InChI is InChI=1S/C21H23ClN6O3.C15H19N5O4.C12H15N5O2/c1-10-4-3-5-11(6-10)8-24-17-13-18(27-20(22)26-17)28(9-25-13)14-12-7-21(12,19(31)23-2)16(30)15(14)29;1-3-24-14(23)15-4-7(15)9(10(21)11(15)22)20-5-17-8-12(16)18-6(2)19-13(8)20;1-4-15-11(13)7-12(16-4)17(3-14-7)8-5-2-6(5)9(18)10(8)19/h3-6,9,12,14-16,29-30H,7-8H2,1-2H3,(H,23,31)(H,24,26,27);5,7,9-11,21-22H,3-4H2,1-2H3,(H2,16,18,19);3,5-6,8-10,18-19H,2H2,1H3,(H2,13,15,16)/t12-,14-,15-,16?,21+;7-,9-,10-,11?,15+;5-,6+,8+,9?,10+/m110/s1. The van der Waals surface area contributed by atoms with E-state index in [0.717, 1.165) is 17.5 Å². The molecule has 7 aromatic rings. The average Bonchev–Trinajstić information content (AvgIpc) is 4.32. The average molecular weight is 1040 g/mol. The number of nitrogens with one attached hydrogen (secondary N) is 2. The fourth-order valence-electron chi connectivity index (χ4n) is 12.4. The number of aryl methyl sites for hydroxylation is 3. The minimum Gasteiger partial charge on any atom is -0.465 e. The van der Waals surface area contributed by atoms with E-state index >= 15 is 0 Å². The van der Waals surface area contributed by atoms with Crippen LogP contribution >= 0.6 is 11.6 Å². The van der Waals surface area contributed by atoms with Gasteiger partial charge < -0.3 is 71.2 Å². The number of aromatic nitrogens is 12. The number of hydrogen-bond acceptors (Lipinski definition) is 21. The normalized spacial score (nSPS) is 32.7. The molecule has 0 saturated heterocycles. The first-order chi connectivity index (χ1) is 35.4. The second-order valence-electron chi connectivity index (χ2n) is 20.4. The molecule has 25 nitrogen and oxygen atoms in total. The molecule has 74 heavy (non-hydrogen) atoms. The van der Waals surface area contributed by atoms with Crippen molar-refractivity contribution >= 4 is 74.4 Å². The van der Waals surface area contributed by atoms with Gasteiger partial charge in [-0.05, 0) is 76.0 Å². The SMILES string of the molecule is CCOC(=O)[C@@]12C[C@@H]1[C@@H](n1cnc3c(N)nc(C)nc31)[C@@H](O)C2O.CNC(=O)[C@@]12C[C@@H]1[C@@H](n1cnc3c(NCc4cccc(C)c4)nc(Cl)nc31)[C@@H](O)C2O.Cc1nc(N)c2ncn([C@@H]3[C@H]4C[C@H]4C(O)[C@@H]3O)c2n1. The Morgan fingerprint density at radius 1 is 0.716 bits per heavy atom. The van der Waals surface area contributed by atoms with Gasteiger partial charge in [-0.25, -0.2) is 34.9 Å². The van der Waals surface area contributed by atoms with Gasteiger partial charge in [0.15, 0.2) is 39.9 Å². The quantitative estimate of drug-likeness (QED) is 0.0700. The van der Waals surface area contributed by atoms with E-state index in [9.17, 15) is 40.2 Å². The number of esters is 1. The predicted molar refractivity (Wildman–Crippen MR) is 264 cm³/mol. The van der Waals surface area contributed by atoms with Gasteiger partial charge in [0, 0.05) is 25.4 Å². The van der Waals surface area contributed by atoms with Crippen molar-refractivity contribution in [2.45, 2.75) is 108 Å². The molecule has 6 aliphatic carbocycles. The van der Waals surface area contributed by atoms with Crippen LogP contribution in [0, 0.1) is 55.3 Å².